The van der Waals surface area contributed by atoms with Crippen molar-refractivity contribution in [2.24, 2.45) is 5.10 Å². The molecule has 0 aliphatic carbocycles. The quantitative estimate of drug-likeness (QED) is 0.450. The number of rotatable bonds is 6. The molecule has 148 valence electrons. The van der Waals surface area contributed by atoms with E-state index in [2.05, 4.69) is 10.5 Å². The zero-order chi connectivity index (χ0) is 20.3. The van der Waals surface area contributed by atoms with Crippen LogP contribution in [-0.2, 0) is 10.0 Å². The third kappa shape index (κ3) is 4.18. The van der Waals surface area contributed by atoms with Crippen molar-refractivity contribution in [3.05, 3.63) is 64.0 Å². The molecule has 0 amide bonds. The van der Waals surface area contributed by atoms with E-state index in [1.807, 2.05) is 0 Å². The zero-order valence-electron chi connectivity index (χ0n) is 15.1. The normalized spacial score (nSPS) is 15.6. The van der Waals surface area contributed by atoms with Crippen LogP contribution in [-0.4, -0.2) is 36.4 Å². The van der Waals surface area contributed by atoms with Crippen LogP contribution < -0.4 is 5.43 Å². The van der Waals surface area contributed by atoms with Crippen molar-refractivity contribution >= 4 is 27.1 Å². The average Bonchev–Trinajstić information content (AvgIpc) is 3.21. The number of halogens is 1. The Balaban J connectivity index is 1.89. The highest BCUT2D eigenvalue weighted by Crippen LogP contribution is 2.30. The number of hydrogen-bond donors (Lipinski definition) is 1. The Morgan fingerprint density at radius 1 is 1.21 bits per heavy atom. The minimum atomic E-state index is -3.77. The molecule has 0 aromatic heterocycles. The molecule has 2 aromatic rings. The molecular formula is C18H19FN4O4S. The van der Waals surface area contributed by atoms with Crippen LogP contribution in [0.4, 0.5) is 15.8 Å². The minimum Gasteiger partial charge on any atom is -0.271 e. The van der Waals surface area contributed by atoms with E-state index in [4.69, 9.17) is 0 Å². The van der Waals surface area contributed by atoms with Crippen molar-refractivity contribution in [3.8, 4) is 0 Å². The molecule has 0 unspecified atom stereocenters. The Labute approximate surface area is 161 Å². The molecule has 10 heteroatoms. The smallest absolute Gasteiger partial charge is 0.271 e. The van der Waals surface area contributed by atoms with E-state index in [1.54, 1.807) is 13.0 Å². The van der Waals surface area contributed by atoms with E-state index in [-0.39, 0.29) is 10.6 Å². The van der Waals surface area contributed by atoms with E-state index in [0.717, 1.165) is 18.9 Å². The summed E-state index contributed by atoms with van der Waals surface area (Å²) < 4.78 is 39.9. The van der Waals surface area contributed by atoms with Crippen LogP contribution in [0.5, 0.6) is 0 Å². The maximum Gasteiger partial charge on any atom is 0.295 e. The van der Waals surface area contributed by atoms with Gasteiger partial charge in [-0.05, 0) is 44.0 Å². The molecule has 0 radical (unpaired) electrons. The molecule has 1 fully saturated rings. The van der Waals surface area contributed by atoms with Crippen molar-refractivity contribution < 1.29 is 17.7 Å². The van der Waals surface area contributed by atoms with Gasteiger partial charge in [-0.15, -0.1) is 0 Å². The third-order valence-electron chi connectivity index (χ3n) is 4.46. The number of benzene rings is 2. The Morgan fingerprint density at radius 3 is 2.57 bits per heavy atom. The molecule has 0 saturated carbocycles. The number of nitro groups is 1. The van der Waals surface area contributed by atoms with Crippen LogP contribution in [0.15, 0.2) is 52.5 Å². The van der Waals surface area contributed by atoms with E-state index in [0.29, 0.717) is 24.4 Å². The summed E-state index contributed by atoms with van der Waals surface area (Å²) in [5.41, 5.74) is 3.15. The third-order valence-corrected chi connectivity index (χ3v) is 6.35. The first-order chi connectivity index (χ1) is 13.3. The van der Waals surface area contributed by atoms with E-state index in [1.165, 1.54) is 34.6 Å². The maximum absolute atomic E-state index is 13.3. The van der Waals surface area contributed by atoms with Crippen molar-refractivity contribution in [2.45, 2.75) is 24.7 Å². The second-order valence-corrected chi connectivity index (χ2v) is 8.30. The van der Waals surface area contributed by atoms with Crippen molar-refractivity contribution in [1.82, 2.24) is 4.31 Å². The van der Waals surface area contributed by atoms with Gasteiger partial charge in [0.05, 0.1) is 15.5 Å². The molecule has 1 heterocycles. The van der Waals surface area contributed by atoms with Crippen LogP contribution in [0.25, 0.3) is 0 Å². The molecular weight excluding hydrogens is 387 g/mol. The number of anilines is 1. The summed E-state index contributed by atoms with van der Waals surface area (Å²) >= 11 is 0. The highest BCUT2D eigenvalue weighted by Gasteiger charge is 2.29. The summed E-state index contributed by atoms with van der Waals surface area (Å²) in [4.78, 5) is 10.6. The summed E-state index contributed by atoms with van der Waals surface area (Å²) in [6.07, 6.45) is 1.55. The Bertz CT molecular complexity index is 1030. The first-order valence-electron chi connectivity index (χ1n) is 8.64. The molecule has 1 saturated heterocycles. The standard InChI is InChI=1S/C18H19FN4O4S/c1-13(14-5-4-6-15(19)11-14)20-21-17-8-7-16(12-18(17)23(24)25)28(26,27)22-9-2-3-10-22/h4-8,11-12,21H,2-3,9-10H2,1H3/b20-13+. The lowest BCUT2D eigenvalue weighted by Crippen LogP contribution is -2.27. The molecule has 2 aromatic carbocycles. The predicted molar refractivity (Wildman–Crippen MR) is 103 cm³/mol. The lowest BCUT2D eigenvalue weighted by Gasteiger charge is -2.15. The molecule has 1 aliphatic rings. The molecule has 8 nitrogen and oxygen atoms in total. The van der Waals surface area contributed by atoms with Crippen LogP contribution >= 0.6 is 0 Å². The van der Waals surface area contributed by atoms with Gasteiger partial charge >= 0.3 is 0 Å². The SMILES string of the molecule is C/C(=N\Nc1ccc(S(=O)(=O)N2CCCC2)cc1[N+](=O)[O-])c1cccc(F)c1. The fourth-order valence-corrected chi connectivity index (χ4v) is 4.45. The van der Waals surface area contributed by atoms with Gasteiger partial charge in [0.1, 0.15) is 11.5 Å². The monoisotopic (exact) mass is 406 g/mol. The van der Waals surface area contributed by atoms with Crippen LogP contribution in [0, 0.1) is 15.9 Å². The second-order valence-electron chi connectivity index (χ2n) is 6.37. The number of nitro benzene ring substituents is 1. The lowest BCUT2D eigenvalue weighted by atomic mass is 10.1. The Kier molecular flexibility index (Phi) is 5.71. The molecule has 1 N–H and O–H groups in total. The van der Waals surface area contributed by atoms with Gasteiger partial charge in [0.25, 0.3) is 5.69 Å². The molecule has 0 bridgehead atoms. The van der Waals surface area contributed by atoms with Gasteiger partial charge in [0, 0.05) is 24.7 Å². The van der Waals surface area contributed by atoms with Gasteiger partial charge < -0.3 is 0 Å². The fourth-order valence-electron chi connectivity index (χ4n) is 2.92. The van der Waals surface area contributed by atoms with Gasteiger partial charge in [-0.1, -0.05) is 12.1 Å². The Hall–Kier alpha value is -2.85. The first-order valence-corrected chi connectivity index (χ1v) is 10.1. The molecule has 3 rings (SSSR count). The van der Waals surface area contributed by atoms with E-state index < -0.39 is 26.5 Å². The van der Waals surface area contributed by atoms with Crippen molar-refractivity contribution in [2.75, 3.05) is 18.5 Å². The molecule has 0 atom stereocenters. The maximum atomic E-state index is 13.3. The van der Waals surface area contributed by atoms with Crippen LogP contribution in [0.1, 0.15) is 25.3 Å². The minimum absolute atomic E-state index is 0.0427. The second kappa shape index (κ2) is 8.03. The highest BCUT2D eigenvalue weighted by atomic mass is 32.2. The van der Waals surface area contributed by atoms with Crippen molar-refractivity contribution in [3.63, 3.8) is 0 Å². The summed E-state index contributed by atoms with van der Waals surface area (Å²) in [6.45, 7) is 2.44. The van der Waals surface area contributed by atoms with Crippen LogP contribution in [0.2, 0.25) is 0 Å². The fraction of sp³-hybridized carbons (Fsp3) is 0.278. The van der Waals surface area contributed by atoms with Crippen LogP contribution in [0.3, 0.4) is 0 Å². The van der Waals surface area contributed by atoms with E-state index >= 15 is 0 Å². The average molecular weight is 406 g/mol. The molecule has 1 aliphatic heterocycles. The number of sulfonamides is 1. The lowest BCUT2D eigenvalue weighted by molar-refractivity contribution is -0.384. The summed E-state index contributed by atoms with van der Waals surface area (Å²) in [5, 5.41) is 15.5. The largest absolute Gasteiger partial charge is 0.295 e. The number of nitrogens with one attached hydrogen (secondary N) is 1. The van der Waals surface area contributed by atoms with Gasteiger partial charge in [-0.25, -0.2) is 12.8 Å². The highest BCUT2D eigenvalue weighted by molar-refractivity contribution is 7.89. The summed E-state index contributed by atoms with van der Waals surface area (Å²) in [6, 6.07) is 9.44. The molecule has 28 heavy (non-hydrogen) atoms. The Morgan fingerprint density at radius 2 is 1.93 bits per heavy atom. The number of hydrogen-bond acceptors (Lipinski definition) is 6. The van der Waals surface area contributed by atoms with Crippen molar-refractivity contribution in [1.29, 1.82) is 0 Å². The topological polar surface area (TPSA) is 105 Å². The predicted octanol–water partition coefficient (Wildman–Crippen LogP) is 3.35. The summed E-state index contributed by atoms with van der Waals surface area (Å²) in [5.74, 6) is -0.422. The van der Waals surface area contributed by atoms with E-state index in [9.17, 15) is 22.9 Å². The van der Waals surface area contributed by atoms with Gasteiger partial charge in [-0.3, -0.25) is 15.5 Å². The number of nitrogens with zero attached hydrogens (tertiary/aromatic N) is 3. The molecule has 0 spiro atoms. The summed E-state index contributed by atoms with van der Waals surface area (Å²) in [7, 11) is -3.77. The van der Waals surface area contributed by atoms with Gasteiger partial charge in [-0.2, -0.15) is 9.41 Å². The van der Waals surface area contributed by atoms with Gasteiger partial charge in [0.15, 0.2) is 0 Å². The van der Waals surface area contributed by atoms with Gasteiger partial charge in [0.2, 0.25) is 10.0 Å². The first kappa shape index (κ1) is 19.9. The number of hydrazone groups is 1. The zero-order valence-corrected chi connectivity index (χ0v) is 15.9.